The summed E-state index contributed by atoms with van der Waals surface area (Å²) >= 11 is 0. The average Bonchev–Trinajstić information content (AvgIpc) is 2.40. The highest BCUT2D eigenvalue weighted by Gasteiger charge is 2.28. The molecule has 0 bridgehead atoms. The van der Waals surface area contributed by atoms with E-state index in [2.05, 4.69) is 34.0 Å². The fourth-order valence-electron chi connectivity index (χ4n) is 2.29. The minimum Gasteiger partial charge on any atom is -0.373 e. The Morgan fingerprint density at radius 2 is 2.06 bits per heavy atom. The molecule has 0 atom stereocenters. The molecule has 0 amide bonds. The van der Waals surface area contributed by atoms with Gasteiger partial charge in [-0.05, 0) is 18.3 Å². The van der Waals surface area contributed by atoms with Gasteiger partial charge in [0.15, 0.2) is 0 Å². The molecule has 1 saturated heterocycles. The molecule has 1 aliphatic rings. The van der Waals surface area contributed by atoms with Gasteiger partial charge in [0.05, 0.1) is 0 Å². The summed E-state index contributed by atoms with van der Waals surface area (Å²) in [6.07, 6.45) is 5.41. The topological polar surface area (TPSA) is 41.0 Å². The molecule has 0 aromatic carbocycles. The second kappa shape index (κ2) is 4.90. The molecule has 0 radical (unpaired) electrons. The van der Waals surface area contributed by atoms with Gasteiger partial charge in [-0.2, -0.15) is 0 Å². The van der Waals surface area contributed by atoms with Crippen LogP contribution in [0.5, 0.6) is 0 Å². The number of rotatable bonds is 3. The predicted octanol–water partition coefficient (Wildman–Crippen LogP) is 2.53. The number of aromatic nitrogens is 2. The van der Waals surface area contributed by atoms with Gasteiger partial charge in [0.2, 0.25) is 0 Å². The summed E-state index contributed by atoms with van der Waals surface area (Å²) in [4.78, 5) is 10.9. The van der Waals surface area contributed by atoms with Crippen molar-refractivity contribution < 1.29 is 0 Å². The van der Waals surface area contributed by atoms with Crippen molar-refractivity contribution in [3.05, 3.63) is 12.4 Å². The van der Waals surface area contributed by atoms with Gasteiger partial charge in [-0.1, -0.05) is 20.3 Å². The Labute approximate surface area is 103 Å². The van der Waals surface area contributed by atoms with Crippen LogP contribution in [0.2, 0.25) is 0 Å². The van der Waals surface area contributed by atoms with Crippen LogP contribution in [0.15, 0.2) is 12.4 Å². The molecule has 0 aliphatic carbocycles. The van der Waals surface area contributed by atoms with Crippen LogP contribution in [0.25, 0.3) is 0 Å². The predicted molar refractivity (Wildman–Crippen MR) is 71.4 cm³/mol. The molecule has 1 fully saturated rings. The highest BCUT2D eigenvalue weighted by molar-refractivity contribution is 5.48. The SMILES string of the molecule is CCC1(C)CCN(c2cc(NC)ncn2)CC1. The molecular weight excluding hydrogens is 212 g/mol. The zero-order valence-corrected chi connectivity index (χ0v) is 11.0. The van der Waals surface area contributed by atoms with Gasteiger partial charge in [-0.3, -0.25) is 0 Å². The first-order chi connectivity index (χ1) is 8.17. The van der Waals surface area contributed by atoms with Gasteiger partial charge in [0.25, 0.3) is 0 Å². The van der Waals surface area contributed by atoms with Crippen LogP contribution >= 0.6 is 0 Å². The molecule has 94 valence electrons. The molecule has 4 heteroatoms. The molecule has 0 saturated carbocycles. The van der Waals surface area contributed by atoms with Crippen molar-refractivity contribution in [2.75, 3.05) is 30.4 Å². The first-order valence-electron chi connectivity index (χ1n) is 6.41. The van der Waals surface area contributed by atoms with Crippen molar-refractivity contribution in [1.82, 2.24) is 9.97 Å². The molecule has 4 nitrogen and oxygen atoms in total. The molecule has 2 heterocycles. The zero-order chi connectivity index (χ0) is 12.3. The number of anilines is 2. The van der Waals surface area contributed by atoms with Crippen LogP contribution in [0.3, 0.4) is 0 Å². The van der Waals surface area contributed by atoms with Gasteiger partial charge < -0.3 is 10.2 Å². The Bertz CT molecular complexity index is 369. The molecule has 0 unspecified atom stereocenters. The number of piperidine rings is 1. The smallest absolute Gasteiger partial charge is 0.134 e. The van der Waals surface area contributed by atoms with Crippen molar-refractivity contribution in [2.45, 2.75) is 33.1 Å². The third-order valence-corrected chi connectivity index (χ3v) is 4.06. The van der Waals surface area contributed by atoms with E-state index in [-0.39, 0.29) is 0 Å². The van der Waals surface area contributed by atoms with Gasteiger partial charge in [-0.15, -0.1) is 0 Å². The maximum atomic E-state index is 4.36. The van der Waals surface area contributed by atoms with Gasteiger partial charge in [0, 0.05) is 26.2 Å². The molecule has 1 N–H and O–H groups in total. The lowest BCUT2D eigenvalue weighted by Gasteiger charge is -2.39. The van der Waals surface area contributed by atoms with E-state index >= 15 is 0 Å². The first kappa shape index (κ1) is 12.1. The first-order valence-corrected chi connectivity index (χ1v) is 6.41. The summed E-state index contributed by atoms with van der Waals surface area (Å²) in [6, 6.07) is 2.02. The fraction of sp³-hybridized carbons (Fsp3) is 0.692. The van der Waals surface area contributed by atoms with Crippen molar-refractivity contribution >= 4 is 11.6 Å². The summed E-state index contributed by atoms with van der Waals surface area (Å²) in [7, 11) is 1.89. The quantitative estimate of drug-likeness (QED) is 0.872. The lowest BCUT2D eigenvalue weighted by atomic mass is 9.78. The summed E-state index contributed by atoms with van der Waals surface area (Å²) in [6.45, 7) is 6.89. The monoisotopic (exact) mass is 234 g/mol. The molecule has 0 spiro atoms. The average molecular weight is 234 g/mol. The van der Waals surface area contributed by atoms with Crippen LogP contribution in [-0.4, -0.2) is 30.1 Å². The van der Waals surface area contributed by atoms with Crippen molar-refractivity contribution in [2.24, 2.45) is 5.41 Å². The summed E-state index contributed by atoms with van der Waals surface area (Å²) < 4.78 is 0. The third-order valence-electron chi connectivity index (χ3n) is 4.06. The minimum absolute atomic E-state index is 0.523. The Balaban J connectivity index is 2.05. The van der Waals surface area contributed by atoms with E-state index in [9.17, 15) is 0 Å². The standard InChI is InChI=1S/C13H22N4/c1-4-13(2)5-7-17(8-6-13)12-9-11(14-3)15-10-16-12/h9-10H,4-8H2,1-3H3,(H,14,15,16). The Hall–Kier alpha value is -1.32. The van der Waals surface area contributed by atoms with Gasteiger partial charge >= 0.3 is 0 Å². The molecule has 2 rings (SSSR count). The van der Waals surface area contributed by atoms with E-state index in [0.29, 0.717) is 5.41 Å². The van der Waals surface area contributed by atoms with Crippen molar-refractivity contribution in [3.8, 4) is 0 Å². The van der Waals surface area contributed by atoms with Crippen molar-refractivity contribution in [1.29, 1.82) is 0 Å². The molecular formula is C13H22N4. The van der Waals surface area contributed by atoms with E-state index in [4.69, 9.17) is 0 Å². The molecule has 17 heavy (non-hydrogen) atoms. The highest BCUT2D eigenvalue weighted by atomic mass is 15.2. The maximum Gasteiger partial charge on any atom is 0.134 e. The fourth-order valence-corrected chi connectivity index (χ4v) is 2.29. The van der Waals surface area contributed by atoms with E-state index < -0.39 is 0 Å². The summed E-state index contributed by atoms with van der Waals surface area (Å²) in [5.41, 5.74) is 0.523. The zero-order valence-electron chi connectivity index (χ0n) is 11.0. The lowest BCUT2D eigenvalue weighted by molar-refractivity contribution is 0.238. The number of hydrogen-bond donors (Lipinski definition) is 1. The number of nitrogens with zero attached hydrogens (tertiary/aromatic N) is 3. The number of hydrogen-bond acceptors (Lipinski definition) is 4. The van der Waals surface area contributed by atoms with Crippen LogP contribution in [0.4, 0.5) is 11.6 Å². The van der Waals surface area contributed by atoms with E-state index in [1.54, 1.807) is 6.33 Å². The van der Waals surface area contributed by atoms with E-state index in [0.717, 1.165) is 24.7 Å². The third kappa shape index (κ3) is 2.68. The lowest BCUT2D eigenvalue weighted by Crippen LogP contribution is -2.38. The molecule has 1 aromatic heterocycles. The molecule has 1 aliphatic heterocycles. The van der Waals surface area contributed by atoms with Crippen LogP contribution in [0, 0.1) is 5.41 Å². The Morgan fingerprint density at radius 1 is 1.35 bits per heavy atom. The van der Waals surface area contributed by atoms with Gasteiger partial charge in [-0.25, -0.2) is 9.97 Å². The number of nitrogens with one attached hydrogen (secondary N) is 1. The summed E-state index contributed by atoms with van der Waals surface area (Å²) in [5.74, 6) is 1.93. The van der Waals surface area contributed by atoms with E-state index in [1.165, 1.54) is 19.3 Å². The largest absolute Gasteiger partial charge is 0.373 e. The van der Waals surface area contributed by atoms with Crippen LogP contribution < -0.4 is 10.2 Å². The van der Waals surface area contributed by atoms with Crippen LogP contribution in [0.1, 0.15) is 33.1 Å². The summed E-state index contributed by atoms with van der Waals surface area (Å²) in [5, 5.41) is 3.06. The van der Waals surface area contributed by atoms with Crippen LogP contribution in [-0.2, 0) is 0 Å². The van der Waals surface area contributed by atoms with E-state index in [1.807, 2.05) is 13.1 Å². The normalized spacial score (nSPS) is 19.1. The van der Waals surface area contributed by atoms with Gasteiger partial charge in [0.1, 0.15) is 18.0 Å². The maximum absolute atomic E-state index is 4.36. The minimum atomic E-state index is 0.523. The molecule has 1 aromatic rings. The second-order valence-electron chi connectivity index (χ2n) is 5.16. The highest BCUT2D eigenvalue weighted by Crippen LogP contribution is 2.35. The Kier molecular flexibility index (Phi) is 3.50. The second-order valence-corrected chi connectivity index (χ2v) is 5.16. The Morgan fingerprint density at radius 3 is 2.65 bits per heavy atom. The van der Waals surface area contributed by atoms with Crippen molar-refractivity contribution in [3.63, 3.8) is 0 Å².